The van der Waals surface area contributed by atoms with Gasteiger partial charge in [-0.25, -0.2) is 0 Å². The van der Waals surface area contributed by atoms with Crippen LogP contribution in [0.3, 0.4) is 0 Å². The quantitative estimate of drug-likeness (QED) is 0.149. The molecule has 6 aromatic carbocycles. The average molecular weight is 706 g/mol. The molecule has 6 aromatic rings. The molecular formula is C38H30Br2N2O2. The third-order valence-electron chi connectivity index (χ3n) is 7.42. The molecule has 0 radical (unpaired) electrons. The first kappa shape index (κ1) is 29.5. The summed E-state index contributed by atoms with van der Waals surface area (Å²) in [5.41, 5.74) is 8.67. The van der Waals surface area contributed by atoms with E-state index in [-0.39, 0.29) is 0 Å². The van der Waals surface area contributed by atoms with Crippen LogP contribution in [0.2, 0.25) is 0 Å². The standard InChI is InChI=1S/C38H30Br2N2O2/c1-43-37-23-19-35(20-24-37)41(33-15-7-29(39)8-16-33)31-11-3-27(4-12-31)28-5-13-32(14-6-28)42(34-17-9-30(40)10-18-34)36-21-25-38(44-2)26-22-36/h3-26H,1-2H3. The largest absolute Gasteiger partial charge is 0.497 e. The first-order valence-corrected chi connectivity index (χ1v) is 15.7. The number of benzene rings is 6. The molecule has 0 aliphatic heterocycles. The fraction of sp³-hybridized carbons (Fsp3) is 0.0526. The summed E-state index contributed by atoms with van der Waals surface area (Å²) < 4.78 is 12.9. The molecule has 0 heterocycles. The second-order valence-corrected chi connectivity index (χ2v) is 11.9. The molecule has 6 rings (SSSR count). The van der Waals surface area contributed by atoms with Gasteiger partial charge in [0, 0.05) is 43.1 Å². The second kappa shape index (κ2) is 13.4. The van der Waals surface area contributed by atoms with E-state index in [4.69, 9.17) is 9.47 Å². The minimum atomic E-state index is 0.828. The SMILES string of the molecule is COc1ccc(N(c2ccc(Br)cc2)c2ccc(-c3ccc(N(c4ccc(Br)cc4)c4ccc(OC)cc4)cc3)cc2)cc1. The topological polar surface area (TPSA) is 24.9 Å². The van der Waals surface area contributed by atoms with Crippen molar-refractivity contribution in [2.45, 2.75) is 0 Å². The highest BCUT2D eigenvalue weighted by Gasteiger charge is 2.15. The Balaban J connectivity index is 1.31. The van der Waals surface area contributed by atoms with Crippen molar-refractivity contribution in [2.24, 2.45) is 0 Å². The second-order valence-electron chi connectivity index (χ2n) is 10.1. The maximum atomic E-state index is 5.39. The van der Waals surface area contributed by atoms with Gasteiger partial charge in [-0.3, -0.25) is 0 Å². The van der Waals surface area contributed by atoms with Crippen molar-refractivity contribution in [3.05, 3.63) is 155 Å². The summed E-state index contributed by atoms with van der Waals surface area (Å²) in [4.78, 5) is 4.48. The third-order valence-corrected chi connectivity index (χ3v) is 8.47. The molecule has 0 aromatic heterocycles. The lowest BCUT2D eigenvalue weighted by Crippen LogP contribution is -2.10. The Morgan fingerprint density at radius 3 is 0.818 bits per heavy atom. The molecule has 0 saturated carbocycles. The number of ether oxygens (including phenoxy) is 2. The van der Waals surface area contributed by atoms with E-state index in [1.165, 1.54) is 0 Å². The molecule has 0 N–H and O–H groups in total. The van der Waals surface area contributed by atoms with E-state index in [0.29, 0.717) is 0 Å². The molecule has 0 bridgehead atoms. The van der Waals surface area contributed by atoms with E-state index in [0.717, 1.165) is 65.7 Å². The Morgan fingerprint density at radius 2 is 0.568 bits per heavy atom. The van der Waals surface area contributed by atoms with Crippen LogP contribution in [-0.2, 0) is 0 Å². The van der Waals surface area contributed by atoms with Gasteiger partial charge in [-0.1, -0.05) is 56.1 Å². The van der Waals surface area contributed by atoms with E-state index >= 15 is 0 Å². The molecule has 0 unspecified atom stereocenters. The maximum Gasteiger partial charge on any atom is 0.119 e. The lowest BCUT2D eigenvalue weighted by Gasteiger charge is -2.26. The van der Waals surface area contributed by atoms with Crippen molar-refractivity contribution in [1.82, 2.24) is 0 Å². The molecule has 4 nitrogen and oxygen atoms in total. The summed E-state index contributed by atoms with van der Waals surface area (Å²) in [6, 6.07) is 50.3. The summed E-state index contributed by atoms with van der Waals surface area (Å²) in [5, 5.41) is 0. The van der Waals surface area contributed by atoms with E-state index in [9.17, 15) is 0 Å². The minimum absolute atomic E-state index is 0.828. The summed E-state index contributed by atoms with van der Waals surface area (Å²) in [6.07, 6.45) is 0. The van der Waals surface area contributed by atoms with Gasteiger partial charge in [0.25, 0.3) is 0 Å². The van der Waals surface area contributed by atoms with E-state index in [1.807, 2.05) is 24.3 Å². The third kappa shape index (κ3) is 6.52. The molecule has 0 aliphatic carbocycles. The molecule has 0 saturated heterocycles. The zero-order valence-electron chi connectivity index (χ0n) is 24.3. The van der Waals surface area contributed by atoms with Crippen molar-refractivity contribution in [2.75, 3.05) is 24.0 Å². The molecule has 6 heteroatoms. The predicted octanol–water partition coefficient (Wildman–Crippen LogP) is 11.8. The molecule has 0 atom stereocenters. The van der Waals surface area contributed by atoms with Crippen LogP contribution in [0.15, 0.2) is 155 Å². The lowest BCUT2D eigenvalue weighted by molar-refractivity contribution is 0.414. The Labute approximate surface area is 275 Å². The fourth-order valence-corrected chi connectivity index (χ4v) is 5.67. The Hall–Kier alpha value is -4.52. The zero-order chi connectivity index (χ0) is 30.5. The zero-order valence-corrected chi connectivity index (χ0v) is 27.5. The molecule has 44 heavy (non-hydrogen) atoms. The molecule has 218 valence electrons. The normalized spacial score (nSPS) is 10.7. The summed E-state index contributed by atoms with van der Waals surface area (Å²) in [7, 11) is 3.37. The van der Waals surface area contributed by atoms with E-state index in [2.05, 4.69) is 163 Å². The maximum absolute atomic E-state index is 5.39. The first-order valence-electron chi connectivity index (χ1n) is 14.1. The van der Waals surface area contributed by atoms with Crippen LogP contribution in [0.1, 0.15) is 0 Å². The van der Waals surface area contributed by atoms with Gasteiger partial charge < -0.3 is 19.3 Å². The van der Waals surface area contributed by atoms with Gasteiger partial charge in [-0.2, -0.15) is 0 Å². The van der Waals surface area contributed by atoms with Crippen LogP contribution in [-0.4, -0.2) is 14.2 Å². The van der Waals surface area contributed by atoms with Crippen molar-refractivity contribution in [1.29, 1.82) is 0 Å². The Bertz CT molecular complexity index is 1670. The molecular weight excluding hydrogens is 676 g/mol. The van der Waals surface area contributed by atoms with Crippen molar-refractivity contribution < 1.29 is 9.47 Å². The molecule has 0 aliphatic rings. The fourth-order valence-electron chi connectivity index (χ4n) is 5.14. The van der Waals surface area contributed by atoms with Crippen LogP contribution in [0.4, 0.5) is 34.1 Å². The number of hydrogen-bond donors (Lipinski definition) is 0. The van der Waals surface area contributed by atoms with Crippen LogP contribution < -0.4 is 19.3 Å². The van der Waals surface area contributed by atoms with Gasteiger partial charge in [0.15, 0.2) is 0 Å². The molecule has 0 amide bonds. The van der Waals surface area contributed by atoms with Gasteiger partial charge in [0.2, 0.25) is 0 Å². The van der Waals surface area contributed by atoms with Crippen molar-refractivity contribution >= 4 is 66.0 Å². The summed E-state index contributed by atoms with van der Waals surface area (Å²) in [5.74, 6) is 1.66. The smallest absolute Gasteiger partial charge is 0.119 e. The molecule has 0 fully saturated rings. The lowest BCUT2D eigenvalue weighted by atomic mass is 10.0. The highest BCUT2D eigenvalue weighted by Crippen LogP contribution is 2.39. The monoisotopic (exact) mass is 704 g/mol. The van der Waals surface area contributed by atoms with Gasteiger partial charge in [-0.15, -0.1) is 0 Å². The Kier molecular flexibility index (Phi) is 9.01. The number of anilines is 6. The number of hydrogen-bond acceptors (Lipinski definition) is 4. The summed E-state index contributed by atoms with van der Waals surface area (Å²) >= 11 is 7.13. The van der Waals surface area contributed by atoms with Gasteiger partial charge in [-0.05, 0) is 132 Å². The van der Waals surface area contributed by atoms with E-state index in [1.54, 1.807) is 14.2 Å². The minimum Gasteiger partial charge on any atom is -0.497 e. The molecule has 0 spiro atoms. The highest BCUT2D eigenvalue weighted by molar-refractivity contribution is 9.10. The van der Waals surface area contributed by atoms with E-state index < -0.39 is 0 Å². The average Bonchev–Trinajstić information content (AvgIpc) is 3.08. The van der Waals surface area contributed by atoms with Gasteiger partial charge in [0.1, 0.15) is 11.5 Å². The van der Waals surface area contributed by atoms with Crippen LogP contribution in [0.25, 0.3) is 11.1 Å². The van der Waals surface area contributed by atoms with Crippen molar-refractivity contribution in [3.63, 3.8) is 0 Å². The number of halogens is 2. The van der Waals surface area contributed by atoms with Crippen molar-refractivity contribution in [3.8, 4) is 22.6 Å². The number of methoxy groups -OCH3 is 2. The predicted molar refractivity (Wildman–Crippen MR) is 190 cm³/mol. The summed E-state index contributed by atoms with van der Waals surface area (Å²) in [6.45, 7) is 0. The van der Waals surface area contributed by atoms with Gasteiger partial charge >= 0.3 is 0 Å². The highest BCUT2D eigenvalue weighted by atomic mass is 79.9. The number of nitrogens with zero attached hydrogens (tertiary/aromatic N) is 2. The number of rotatable bonds is 9. The van der Waals surface area contributed by atoms with Crippen LogP contribution in [0.5, 0.6) is 11.5 Å². The van der Waals surface area contributed by atoms with Crippen LogP contribution in [0, 0.1) is 0 Å². The first-order chi connectivity index (χ1) is 21.5. The Morgan fingerprint density at radius 1 is 0.341 bits per heavy atom. The van der Waals surface area contributed by atoms with Gasteiger partial charge in [0.05, 0.1) is 14.2 Å². The van der Waals surface area contributed by atoms with Crippen LogP contribution >= 0.6 is 31.9 Å².